The van der Waals surface area contributed by atoms with E-state index in [1.54, 1.807) is 0 Å². The zero-order chi connectivity index (χ0) is 14.2. The lowest BCUT2D eigenvalue weighted by Crippen LogP contribution is -2.45. The van der Waals surface area contributed by atoms with Crippen molar-refractivity contribution >= 4 is 0 Å². The molecule has 0 aromatic rings. The standard InChI is InChI=1S/C15H34N2O/c1-7-14(3,4)17(6)12-10-9-11-15(5,13-18)16-8-2/h16,18H,7-13H2,1-6H3. The van der Waals surface area contributed by atoms with E-state index in [9.17, 15) is 5.11 Å². The molecule has 0 rings (SSSR count). The number of aliphatic hydroxyl groups is 1. The molecular formula is C15H34N2O. The van der Waals surface area contributed by atoms with Crippen LogP contribution in [0.4, 0.5) is 0 Å². The van der Waals surface area contributed by atoms with Crippen LogP contribution in [0.5, 0.6) is 0 Å². The first kappa shape index (κ1) is 17.9. The van der Waals surface area contributed by atoms with Crippen molar-refractivity contribution in [2.45, 2.75) is 71.4 Å². The first-order valence-electron chi connectivity index (χ1n) is 7.38. The van der Waals surface area contributed by atoms with Crippen LogP contribution in [0.25, 0.3) is 0 Å². The molecule has 0 radical (unpaired) electrons. The smallest absolute Gasteiger partial charge is 0.0610 e. The molecule has 0 fully saturated rings. The number of rotatable bonds is 10. The Bertz CT molecular complexity index is 219. The van der Waals surface area contributed by atoms with Gasteiger partial charge in [0.25, 0.3) is 0 Å². The van der Waals surface area contributed by atoms with Gasteiger partial charge in [0.15, 0.2) is 0 Å². The highest BCUT2D eigenvalue weighted by Crippen LogP contribution is 2.18. The average Bonchev–Trinajstić information content (AvgIpc) is 2.34. The zero-order valence-electron chi connectivity index (χ0n) is 13.3. The first-order chi connectivity index (χ1) is 8.31. The molecule has 3 heteroatoms. The second-order valence-corrected chi connectivity index (χ2v) is 6.29. The number of nitrogens with zero attached hydrogens (tertiary/aromatic N) is 1. The van der Waals surface area contributed by atoms with Crippen LogP contribution in [0.15, 0.2) is 0 Å². The van der Waals surface area contributed by atoms with Crippen molar-refractivity contribution in [2.75, 3.05) is 26.7 Å². The molecule has 3 nitrogen and oxygen atoms in total. The predicted octanol–water partition coefficient (Wildman–Crippen LogP) is 2.64. The summed E-state index contributed by atoms with van der Waals surface area (Å²) in [6.07, 6.45) is 4.57. The second kappa shape index (κ2) is 8.13. The Morgan fingerprint density at radius 2 is 1.72 bits per heavy atom. The van der Waals surface area contributed by atoms with Crippen molar-refractivity contribution in [3.05, 3.63) is 0 Å². The monoisotopic (exact) mass is 258 g/mol. The van der Waals surface area contributed by atoms with Crippen molar-refractivity contribution in [1.82, 2.24) is 10.2 Å². The Labute approximate surface area is 114 Å². The fourth-order valence-electron chi connectivity index (χ4n) is 2.09. The van der Waals surface area contributed by atoms with Crippen molar-refractivity contribution < 1.29 is 5.11 Å². The summed E-state index contributed by atoms with van der Waals surface area (Å²) in [4.78, 5) is 2.44. The number of unbranched alkanes of at least 4 members (excludes halogenated alkanes) is 1. The molecule has 0 aliphatic heterocycles. The number of aliphatic hydroxyl groups excluding tert-OH is 1. The van der Waals surface area contributed by atoms with Gasteiger partial charge in [-0.3, -0.25) is 0 Å². The van der Waals surface area contributed by atoms with Gasteiger partial charge in [-0.1, -0.05) is 20.3 Å². The Balaban J connectivity index is 3.92. The fraction of sp³-hybridized carbons (Fsp3) is 1.00. The van der Waals surface area contributed by atoms with Gasteiger partial charge in [-0.15, -0.1) is 0 Å². The van der Waals surface area contributed by atoms with Crippen molar-refractivity contribution in [3.8, 4) is 0 Å². The van der Waals surface area contributed by atoms with E-state index >= 15 is 0 Å². The van der Waals surface area contributed by atoms with Gasteiger partial charge in [0.2, 0.25) is 0 Å². The van der Waals surface area contributed by atoms with Crippen LogP contribution in [-0.2, 0) is 0 Å². The van der Waals surface area contributed by atoms with E-state index in [-0.39, 0.29) is 12.1 Å². The molecule has 0 amide bonds. The normalized spacial score (nSPS) is 16.0. The molecule has 0 saturated carbocycles. The van der Waals surface area contributed by atoms with E-state index < -0.39 is 0 Å². The van der Waals surface area contributed by atoms with Gasteiger partial charge in [-0.25, -0.2) is 0 Å². The van der Waals surface area contributed by atoms with Gasteiger partial charge >= 0.3 is 0 Å². The van der Waals surface area contributed by atoms with Gasteiger partial charge in [0.05, 0.1) is 6.61 Å². The minimum Gasteiger partial charge on any atom is -0.394 e. The maximum atomic E-state index is 9.42. The summed E-state index contributed by atoms with van der Waals surface area (Å²) in [5.74, 6) is 0. The topological polar surface area (TPSA) is 35.5 Å². The number of nitrogens with one attached hydrogen (secondary N) is 1. The molecule has 18 heavy (non-hydrogen) atoms. The van der Waals surface area contributed by atoms with Crippen LogP contribution in [-0.4, -0.2) is 47.8 Å². The van der Waals surface area contributed by atoms with Gasteiger partial charge in [-0.2, -0.15) is 0 Å². The lowest BCUT2D eigenvalue weighted by atomic mass is 9.95. The molecule has 0 spiro atoms. The first-order valence-corrected chi connectivity index (χ1v) is 7.38. The molecule has 0 aromatic heterocycles. The van der Waals surface area contributed by atoms with E-state index in [0.717, 1.165) is 25.9 Å². The van der Waals surface area contributed by atoms with Crippen LogP contribution in [0, 0.1) is 0 Å². The van der Waals surface area contributed by atoms with Gasteiger partial charge < -0.3 is 15.3 Å². The molecule has 0 aliphatic rings. The summed E-state index contributed by atoms with van der Waals surface area (Å²) in [7, 11) is 2.21. The lowest BCUT2D eigenvalue weighted by Gasteiger charge is -2.35. The molecule has 2 N–H and O–H groups in total. The van der Waals surface area contributed by atoms with E-state index in [0.29, 0.717) is 5.54 Å². The molecule has 1 unspecified atom stereocenters. The molecule has 110 valence electrons. The Morgan fingerprint density at radius 3 is 2.17 bits per heavy atom. The highest BCUT2D eigenvalue weighted by molar-refractivity contribution is 4.82. The minimum atomic E-state index is -0.104. The number of likely N-dealkylation sites (N-methyl/N-ethyl adjacent to an activating group) is 1. The summed E-state index contributed by atoms with van der Waals surface area (Å²) in [5.41, 5.74) is 0.190. The summed E-state index contributed by atoms with van der Waals surface area (Å²) < 4.78 is 0. The van der Waals surface area contributed by atoms with Crippen LogP contribution >= 0.6 is 0 Å². The fourth-order valence-corrected chi connectivity index (χ4v) is 2.09. The van der Waals surface area contributed by atoms with Crippen LogP contribution < -0.4 is 5.32 Å². The van der Waals surface area contributed by atoms with Gasteiger partial charge in [-0.05, 0) is 60.2 Å². The molecule has 0 heterocycles. The maximum absolute atomic E-state index is 9.42. The van der Waals surface area contributed by atoms with Crippen molar-refractivity contribution in [2.24, 2.45) is 0 Å². The molecule has 0 aliphatic carbocycles. The number of hydrogen-bond donors (Lipinski definition) is 2. The quantitative estimate of drug-likeness (QED) is 0.591. The maximum Gasteiger partial charge on any atom is 0.0610 e. The van der Waals surface area contributed by atoms with Crippen LogP contribution in [0.1, 0.15) is 60.3 Å². The summed E-state index contributed by atoms with van der Waals surface area (Å²) in [5, 5.41) is 12.8. The summed E-state index contributed by atoms with van der Waals surface area (Å²) in [6, 6.07) is 0. The summed E-state index contributed by atoms with van der Waals surface area (Å²) >= 11 is 0. The Hall–Kier alpha value is -0.120. The third-order valence-electron chi connectivity index (χ3n) is 4.32. The van der Waals surface area contributed by atoms with Crippen molar-refractivity contribution in [1.29, 1.82) is 0 Å². The molecule has 1 atom stereocenters. The highest BCUT2D eigenvalue weighted by Gasteiger charge is 2.23. The van der Waals surface area contributed by atoms with Crippen molar-refractivity contribution in [3.63, 3.8) is 0 Å². The largest absolute Gasteiger partial charge is 0.394 e. The Morgan fingerprint density at radius 1 is 1.11 bits per heavy atom. The lowest BCUT2D eigenvalue weighted by molar-refractivity contribution is 0.139. The second-order valence-electron chi connectivity index (χ2n) is 6.29. The Kier molecular flexibility index (Phi) is 8.08. The van der Waals surface area contributed by atoms with Gasteiger partial charge in [0.1, 0.15) is 0 Å². The van der Waals surface area contributed by atoms with E-state index in [4.69, 9.17) is 0 Å². The molecule has 0 aromatic carbocycles. The molecule has 0 saturated heterocycles. The average molecular weight is 258 g/mol. The third-order valence-corrected chi connectivity index (χ3v) is 4.32. The SMILES string of the molecule is CCNC(C)(CO)CCCCN(C)C(C)(C)CC. The van der Waals surface area contributed by atoms with E-state index in [2.05, 4.69) is 51.9 Å². The predicted molar refractivity (Wildman–Crippen MR) is 80.0 cm³/mol. The van der Waals surface area contributed by atoms with Crippen LogP contribution in [0.3, 0.4) is 0 Å². The minimum absolute atomic E-state index is 0.104. The van der Waals surface area contributed by atoms with E-state index in [1.807, 2.05) is 0 Å². The van der Waals surface area contributed by atoms with Crippen LogP contribution in [0.2, 0.25) is 0 Å². The molecular weight excluding hydrogens is 224 g/mol. The highest BCUT2D eigenvalue weighted by atomic mass is 16.3. The van der Waals surface area contributed by atoms with E-state index in [1.165, 1.54) is 12.8 Å². The van der Waals surface area contributed by atoms with Gasteiger partial charge in [0, 0.05) is 11.1 Å². The zero-order valence-corrected chi connectivity index (χ0v) is 13.3. The molecule has 0 bridgehead atoms. The number of hydrogen-bond acceptors (Lipinski definition) is 3. The third kappa shape index (κ3) is 6.17. The summed E-state index contributed by atoms with van der Waals surface area (Å²) in [6.45, 7) is 13.3.